The van der Waals surface area contributed by atoms with Crippen molar-refractivity contribution >= 4 is 28.2 Å². The van der Waals surface area contributed by atoms with E-state index in [1.54, 1.807) is 31.4 Å². The summed E-state index contributed by atoms with van der Waals surface area (Å²) in [5.41, 5.74) is 1.63. The van der Waals surface area contributed by atoms with E-state index in [2.05, 4.69) is 15.6 Å². The lowest BCUT2D eigenvalue weighted by molar-refractivity contribution is 0.0951. The highest BCUT2D eigenvalue weighted by molar-refractivity contribution is 7.85. The van der Waals surface area contributed by atoms with Gasteiger partial charge in [-0.1, -0.05) is 12.1 Å². The smallest absolute Gasteiger partial charge is 0.251 e. The van der Waals surface area contributed by atoms with Crippen LogP contribution in [-0.4, -0.2) is 52.2 Å². The van der Waals surface area contributed by atoms with Gasteiger partial charge >= 0.3 is 0 Å². The van der Waals surface area contributed by atoms with Crippen molar-refractivity contribution in [2.45, 2.75) is 29.6 Å². The van der Waals surface area contributed by atoms with E-state index in [-0.39, 0.29) is 5.91 Å². The number of amides is 1. The number of nitrogens with one attached hydrogen (secondary N) is 2. The second-order valence-electron chi connectivity index (χ2n) is 7.78. The van der Waals surface area contributed by atoms with Crippen LogP contribution in [-0.2, 0) is 24.0 Å². The van der Waals surface area contributed by atoms with Crippen molar-refractivity contribution in [3.63, 3.8) is 0 Å². The van der Waals surface area contributed by atoms with E-state index in [4.69, 9.17) is 4.74 Å². The molecule has 0 saturated carbocycles. The third-order valence-electron chi connectivity index (χ3n) is 5.49. The van der Waals surface area contributed by atoms with Gasteiger partial charge in [-0.3, -0.25) is 9.78 Å². The Morgan fingerprint density at radius 3 is 2.97 bits per heavy atom. The number of carbonyl (C=O) groups excluding carboxylic acids is 1. The van der Waals surface area contributed by atoms with Crippen molar-refractivity contribution in [1.29, 1.82) is 0 Å². The predicted octanol–water partition coefficient (Wildman–Crippen LogP) is 3.01. The van der Waals surface area contributed by atoms with E-state index in [1.807, 2.05) is 40.8 Å². The number of ether oxygens (including phenoxy) is 1. The normalized spacial score (nSPS) is 17.1. The van der Waals surface area contributed by atoms with Crippen LogP contribution in [0.2, 0.25) is 0 Å². The molecule has 2 atom stereocenters. The van der Waals surface area contributed by atoms with Crippen LogP contribution in [0.15, 0.2) is 65.0 Å². The summed E-state index contributed by atoms with van der Waals surface area (Å²) in [7, 11) is 0.390. The number of nitrogens with zero attached hydrogens (tertiary/aromatic N) is 2. The molecule has 7 nitrogen and oxygen atoms in total. The van der Waals surface area contributed by atoms with Crippen molar-refractivity contribution in [2.75, 3.05) is 26.7 Å². The number of carbonyl (C=O) groups is 1. The Labute approximate surface area is 200 Å². The molecule has 33 heavy (non-hydrogen) atoms. The van der Waals surface area contributed by atoms with Crippen molar-refractivity contribution in [1.82, 2.24) is 19.9 Å². The second kappa shape index (κ2) is 11.5. The molecule has 174 valence electrons. The minimum absolute atomic E-state index is 0.163. The third kappa shape index (κ3) is 6.48. The molecule has 9 heteroatoms. The summed E-state index contributed by atoms with van der Waals surface area (Å²) in [5.74, 6) is 0.482. The number of aromatic nitrogens is 1. The fourth-order valence-corrected chi connectivity index (χ4v) is 6.33. The van der Waals surface area contributed by atoms with E-state index in [1.165, 1.54) is 11.3 Å². The van der Waals surface area contributed by atoms with Gasteiger partial charge in [0.1, 0.15) is 20.9 Å². The lowest BCUT2D eigenvalue weighted by Crippen LogP contribution is -2.34. The molecule has 3 heterocycles. The predicted molar refractivity (Wildman–Crippen MR) is 131 cm³/mol. The van der Waals surface area contributed by atoms with Crippen molar-refractivity contribution < 1.29 is 13.7 Å². The third-order valence-corrected chi connectivity index (χ3v) is 8.33. The molecule has 2 unspecified atom stereocenters. The first-order valence-corrected chi connectivity index (χ1v) is 12.9. The molecule has 1 aromatic carbocycles. The van der Waals surface area contributed by atoms with Crippen molar-refractivity contribution in [3.8, 4) is 5.75 Å². The Kier molecular flexibility index (Phi) is 8.22. The molecule has 3 aromatic rings. The fraction of sp³-hybridized carbons (Fsp3) is 0.333. The Hall–Kier alpha value is -2.59. The first-order chi connectivity index (χ1) is 16.1. The summed E-state index contributed by atoms with van der Waals surface area (Å²) in [6, 6.07) is 17.2. The standard InChI is InChI=1S/C24H28N4O3S2/c1-31-21-7-4-5-18(15-21)24(29)27-16-22-8-9-23(32-22)33(30)28-14-11-20(17-28)26-13-10-19-6-2-3-12-25-19/h2-9,12,15,20,26H,10-11,13-14,16-17H2,1H3,(H,27,29). The molecule has 0 radical (unpaired) electrons. The van der Waals surface area contributed by atoms with E-state index in [0.717, 1.165) is 47.3 Å². The van der Waals surface area contributed by atoms with Gasteiger partial charge in [0.2, 0.25) is 0 Å². The van der Waals surface area contributed by atoms with Crippen molar-refractivity contribution in [3.05, 3.63) is 76.9 Å². The number of rotatable bonds is 10. The molecule has 1 fully saturated rings. The molecule has 1 saturated heterocycles. The number of methoxy groups -OCH3 is 1. The van der Waals surface area contributed by atoms with Crippen LogP contribution in [0.25, 0.3) is 0 Å². The Bertz CT molecular complexity index is 1090. The van der Waals surface area contributed by atoms with Gasteiger partial charge in [0.25, 0.3) is 5.91 Å². The van der Waals surface area contributed by atoms with Crippen LogP contribution >= 0.6 is 11.3 Å². The Balaban J connectivity index is 1.23. The van der Waals surface area contributed by atoms with Gasteiger partial charge in [-0.25, -0.2) is 8.51 Å². The quantitative estimate of drug-likeness (QED) is 0.462. The molecule has 0 spiro atoms. The van der Waals surface area contributed by atoms with Crippen LogP contribution in [0.5, 0.6) is 5.75 Å². The average Bonchev–Trinajstić information content (AvgIpc) is 3.53. The highest BCUT2D eigenvalue weighted by Gasteiger charge is 2.27. The Morgan fingerprint density at radius 1 is 1.24 bits per heavy atom. The van der Waals surface area contributed by atoms with Crippen molar-refractivity contribution in [2.24, 2.45) is 0 Å². The maximum atomic E-state index is 13.0. The maximum Gasteiger partial charge on any atom is 0.251 e. The van der Waals surface area contributed by atoms with Gasteiger partial charge in [0, 0.05) is 54.4 Å². The molecule has 0 aliphatic carbocycles. The number of pyridine rings is 1. The molecule has 0 bridgehead atoms. The highest BCUT2D eigenvalue weighted by Crippen LogP contribution is 2.25. The summed E-state index contributed by atoms with van der Waals surface area (Å²) in [5, 5.41) is 6.48. The highest BCUT2D eigenvalue weighted by atomic mass is 32.2. The van der Waals surface area contributed by atoms with Crippen LogP contribution in [0.1, 0.15) is 27.3 Å². The molecule has 1 aliphatic rings. The van der Waals surface area contributed by atoms with Gasteiger partial charge in [-0.2, -0.15) is 0 Å². The van der Waals surface area contributed by atoms with Gasteiger partial charge in [0.15, 0.2) is 0 Å². The average molecular weight is 485 g/mol. The number of hydrogen-bond donors (Lipinski definition) is 2. The van der Waals surface area contributed by atoms with Crippen LogP contribution in [0.3, 0.4) is 0 Å². The second-order valence-corrected chi connectivity index (χ2v) is 10.7. The van der Waals surface area contributed by atoms with E-state index in [9.17, 15) is 9.00 Å². The largest absolute Gasteiger partial charge is 0.497 e. The summed E-state index contributed by atoms with van der Waals surface area (Å²) >= 11 is 1.48. The van der Waals surface area contributed by atoms with Gasteiger partial charge in [0.05, 0.1) is 13.7 Å². The lowest BCUT2D eigenvalue weighted by atomic mass is 10.2. The molecule has 2 aromatic heterocycles. The minimum atomic E-state index is -1.18. The number of thiophene rings is 1. The monoisotopic (exact) mass is 484 g/mol. The SMILES string of the molecule is COc1cccc(C(=O)NCc2ccc(S(=O)N3CCC(NCCc4ccccn4)C3)s2)c1. The van der Waals surface area contributed by atoms with Crippen LogP contribution < -0.4 is 15.4 Å². The molecular formula is C24H28N4O3S2. The molecular weight excluding hydrogens is 456 g/mol. The van der Waals surface area contributed by atoms with E-state index < -0.39 is 11.0 Å². The maximum absolute atomic E-state index is 13.0. The summed E-state index contributed by atoms with van der Waals surface area (Å²) in [4.78, 5) is 17.7. The first kappa shape index (κ1) is 23.6. The molecule has 2 N–H and O–H groups in total. The molecule has 1 amide bonds. The van der Waals surface area contributed by atoms with E-state index >= 15 is 0 Å². The molecule has 1 aliphatic heterocycles. The van der Waals surface area contributed by atoms with Crippen LogP contribution in [0.4, 0.5) is 0 Å². The zero-order valence-electron chi connectivity index (χ0n) is 18.5. The minimum Gasteiger partial charge on any atom is -0.497 e. The first-order valence-electron chi connectivity index (χ1n) is 10.9. The summed E-state index contributed by atoms with van der Waals surface area (Å²) in [6.45, 7) is 2.82. The number of hydrogen-bond acceptors (Lipinski definition) is 6. The summed E-state index contributed by atoms with van der Waals surface area (Å²) in [6.07, 6.45) is 3.67. The number of benzene rings is 1. The zero-order chi connectivity index (χ0) is 23.0. The van der Waals surface area contributed by atoms with Crippen LogP contribution in [0, 0.1) is 0 Å². The topological polar surface area (TPSA) is 83.6 Å². The van der Waals surface area contributed by atoms with E-state index in [0.29, 0.717) is 23.9 Å². The zero-order valence-corrected chi connectivity index (χ0v) is 20.2. The lowest BCUT2D eigenvalue weighted by Gasteiger charge is -2.15. The van der Waals surface area contributed by atoms with Gasteiger partial charge in [-0.05, 0) is 48.9 Å². The Morgan fingerprint density at radius 2 is 2.15 bits per heavy atom. The van der Waals surface area contributed by atoms with Gasteiger partial charge < -0.3 is 15.4 Å². The fourth-order valence-electron chi connectivity index (χ4n) is 3.70. The molecule has 4 rings (SSSR count). The summed E-state index contributed by atoms with van der Waals surface area (Å²) < 4.78 is 21.0. The van der Waals surface area contributed by atoms with Gasteiger partial charge in [-0.15, -0.1) is 11.3 Å².